The molecule has 0 radical (unpaired) electrons. The number of esters is 1. The Labute approximate surface area is 205 Å². The van der Waals surface area contributed by atoms with Crippen LogP contribution in [0.25, 0.3) is 0 Å². The molecule has 3 rings (SSSR count). The third-order valence-electron chi connectivity index (χ3n) is 5.36. The highest BCUT2D eigenvalue weighted by Crippen LogP contribution is 2.30. The molecule has 0 unspecified atom stereocenters. The second-order valence-electron chi connectivity index (χ2n) is 7.88. The van der Waals surface area contributed by atoms with Crippen molar-refractivity contribution in [2.75, 3.05) is 35.0 Å². The quantitative estimate of drug-likeness (QED) is 0.469. The van der Waals surface area contributed by atoms with Gasteiger partial charge in [0, 0.05) is 30.2 Å². The summed E-state index contributed by atoms with van der Waals surface area (Å²) in [7, 11) is 6.46. The van der Waals surface area contributed by atoms with Crippen molar-refractivity contribution in [2.24, 2.45) is 4.99 Å². The van der Waals surface area contributed by atoms with E-state index in [1.807, 2.05) is 54.3 Å². The monoisotopic (exact) mass is 484 g/mol. The van der Waals surface area contributed by atoms with Crippen LogP contribution in [0.4, 0.5) is 0 Å². The van der Waals surface area contributed by atoms with Gasteiger partial charge in [0.15, 0.2) is 0 Å². The highest BCUT2D eigenvalue weighted by atomic mass is 16.6. The molecule has 1 aliphatic rings. The number of aliphatic imine (C=N–C) groups is 1. The standard InChI is InChI=1S/C26H32N2O7/c1-17-11-23(16-34-18(2)29)35-26(27-17)28(14-19-7-9-21(30-3)12-24(19)32-5)15-20-8-10-22(31-4)13-25(20)33-6/h7-13,17H,14-16H2,1-6H3/t17-/m0/s1. The number of nitrogens with zero attached hydrogens (tertiary/aromatic N) is 2. The van der Waals surface area contributed by atoms with Crippen molar-refractivity contribution >= 4 is 12.0 Å². The summed E-state index contributed by atoms with van der Waals surface area (Å²) in [6.07, 6.45) is 1.83. The fourth-order valence-corrected chi connectivity index (χ4v) is 3.62. The van der Waals surface area contributed by atoms with Gasteiger partial charge in [-0.3, -0.25) is 4.79 Å². The van der Waals surface area contributed by atoms with Crippen molar-refractivity contribution in [3.05, 3.63) is 59.4 Å². The minimum atomic E-state index is -0.381. The fraction of sp³-hybridized carbons (Fsp3) is 0.385. The average molecular weight is 485 g/mol. The molecule has 0 spiro atoms. The zero-order valence-electron chi connectivity index (χ0n) is 21.0. The molecule has 1 heterocycles. The lowest BCUT2D eigenvalue weighted by Crippen LogP contribution is -2.35. The highest BCUT2D eigenvalue weighted by Gasteiger charge is 2.24. The minimum absolute atomic E-state index is 0.0320. The van der Waals surface area contributed by atoms with Gasteiger partial charge in [-0.15, -0.1) is 0 Å². The molecule has 0 fully saturated rings. The van der Waals surface area contributed by atoms with E-state index in [-0.39, 0.29) is 18.6 Å². The van der Waals surface area contributed by atoms with Crippen LogP contribution in [0.1, 0.15) is 25.0 Å². The number of hydrogen-bond donors (Lipinski definition) is 0. The van der Waals surface area contributed by atoms with Crippen LogP contribution in [0.15, 0.2) is 53.2 Å². The van der Waals surface area contributed by atoms with E-state index >= 15 is 0 Å². The molecule has 9 heteroatoms. The first-order valence-electron chi connectivity index (χ1n) is 11.1. The summed E-state index contributed by atoms with van der Waals surface area (Å²) in [5, 5.41) is 0. The first-order valence-corrected chi connectivity index (χ1v) is 11.1. The molecule has 0 saturated carbocycles. The van der Waals surface area contributed by atoms with Crippen molar-refractivity contribution in [2.45, 2.75) is 33.0 Å². The molecular formula is C26H32N2O7. The second-order valence-corrected chi connectivity index (χ2v) is 7.88. The normalized spacial score (nSPS) is 14.7. The fourth-order valence-electron chi connectivity index (χ4n) is 3.62. The first-order chi connectivity index (χ1) is 16.9. The molecule has 0 N–H and O–H groups in total. The van der Waals surface area contributed by atoms with Crippen LogP contribution in [0, 0.1) is 0 Å². The smallest absolute Gasteiger partial charge is 0.303 e. The van der Waals surface area contributed by atoms with Crippen LogP contribution in [0.3, 0.4) is 0 Å². The summed E-state index contributed by atoms with van der Waals surface area (Å²) in [5.74, 6) is 2.88. The van der Waals surface area contributed by atoms with Crippen LogP contribution < -0.4 is 18.9 Å². The molecule has 0 bridgehead atoms. The number of methoxy groups -OCH3 is 4. The predicted octanol–water partition coefficient (Wildman–Crippen LogP) is 3.94. The Morgan fingerprint density at radius 1 is 0.914 bits per heavy atom. The number of carbonyl (C=O) groups is 1. The molecule has 188 valence electrons. The number of amidine groups is 1. The summed E-state index contributed by atoms with van der Waals surface area (Å²) in [6, 6.07) is 11.5. The molecule has 0 aromatic heterocycles. The second kappa shape index (κ2) is 12.0. The number of carbonyl (C=O) groups excluding carboxylic acids is 1. The van der Waals surface area contributed by atoms with Crippen molar-refractivity contribution in [1.29, 1.82) is 0 Å². The summed E-state index contributed by atoms with van der Waals surface area (Å²) < 4.78 is 33.1. The van der Waals surface area contributed by atoms with Crippen molar-refractivity contribution in [3.8, 4) is 23.0 Å². The van der Waals surface area contributed by atoms with Gasteiger partial charge in [0.2, 0.25) is 0 Å². The number of hydrogen-bond acceptors (Lipinski definition) is 9. The number of rotatable bonds is 10. The van der Waals surface area contributed by atoms with E-state index in [4.69, 9.17) is 33.4 Å². The van der Waals surface area contributed by atoms with Crippen LogP contribution in [-0.2, 0) is 27.4 Å². The maximum absolute atomic E-state index is 11.3. The first kappa shape index (κ1) is 25.7. The van der Waals surface area contributed by atoms with Crippen LogP contribution in [0.2, 0.25) is 0 Å². The Morgan fingerprint density at radius 2 is 1.46 bits per heavy atom. The highest BCUT2D eigenvalue weighted by molar-refractivity contribution is 5.76. The molecule has 35 heavy (non-hydrogen) atoms. The third-order valence-corrected chi connectivity index (χ3v) is 5.36. The Morgan fingerprint density at radius 3 is 1.91 bits per heavy atom. The zero-order valence-corrected chi connectivity index (χ0v) is 21.0. The maximum atomic E-state index is 11.3. The maximum Gasteiger partial charge on any atom is 0.303 e. The lowest BCUT2D eigenvalue weighted by atomic mass is 10.1. The molecule has 0 aliphatic carbocycles. The molecule has 1 atom stereocenters. The van der Waals surface area contributed by atoms with Crippen LogP contribution in [-0.4, -0.2) is 58.0 Å². The Kier molecular flexibility index (Phi) is 8.83. The van der Waals surface area contributed by atoms with Gasteiger partial charge >= 0.3 is 5.97 Å². The molecular weight excluding hydrogens is 452 g/mol. The van der Waals surface area contributed by atoms with E-state index in [1.165, 1.54) is 6.92 Å². The average Bonchev–Trinajstić information content (AvgIpc) is 2.87. The Hall–Kier alpha value is -3.88. The van der Waals surface area contributed by atoms with E-state index < -0.39 is 0 Å². The lowest BCUT2D eigenvalue weighted by Gasteiger charge is -2.30. The van der Waals surface area contributed by atoms with Crippen molar-refractivity contribution in [3.63, 3.8) is 0 Å². The van der Waals surface area contributed by atoms with E-state index in [0.29, 0.717) is 47.9 Å². The van der Waals surface area contributed by atoms with Gasteiger partial charge in [0.25, 0.3) is 6.02 Å². The summed E-state index contributed by atoms with van der Waals surface area (Å²) in [4.78, 5) is 18.0. The number of ether oxygens (including phenoxy) is 6. The van der Waals surface area contributed by atoms with Gasteiger partial charge in [-0.05, 0) is 37.3 Å². The number of benzene rings is 2. The Bertz CT molecular complexity index is 1040. The van der Waals surface area contributed by atoms with Gasteiger partial charge in [0.05, 0.1) is 47.6 Å². The zero-order chi connectivity index (χ0) is 25.4. The van der Waals surface area contributed by atoms with E-state index in [0.717, 1.165) is 11.1 Å². The summed E-state index contributed by atoms with van der Waals surface area (Å²) in [5.41, 5.74) is 1.83. The Balaban J connectivity index is 1.95. The van der Waals surface area contributed by atoms with Crippen molar-refractivity contribution in [1.82, 2.24) is 4.90 Å². The van der Waals surface area contributed by atoms with E-state index in [1.54, 1.807) is 28.4 Å². The molecule has 1 aliphatic heterocycles. The van der Waals surface area contributed by atoms with Crippen molar-refractivity contribution < 1.29 is 33.2 Å². The molecule has 2 aromatic rings. The van der Waals surface area contributed by atoms with Crippen LogP contribution in [0.5, 0.6) is 23.0 Å². The topological polar surface area (TPSA) is 88.1 Å². The van der Waals surface area contributed by atoms with E-state index in [9.17, 15) is 4.79 Å². The molecule has 0 amide bonds. The van der Waals surface area contributed by atoms with Gasteiger partial charge in [-0.2, -0.15) is 0 Å². The van der Waals surface area contributed by atoms with Crippen LogP contribution >= 0.6 is 0 Å². The van der Waals surface area contributed by atoms with Gasteiger partial charge < -0.3 is 33.3 Å². The third kappa shape index (κ3) is 6.81. The minimum Gasteiger partial charge on any atom is -0.497 e. The SMILES string of the molecule is COc1ccc(CN(Cc2ccc(OC)cc2OC)C2=N[C@@H](C)C=C(COC(C)=O)O2)c(OC)c1. The molecule has 2 aromatic carbocycles. The summed E-state index contributed by atoms with van der Waals surface area (Å²) in [6.45, 7) is 4.18. The summed E-state index contributed by atoms with van der Waals surface area (Å²) >= 11 is 0. The van der Waals surface area contributed by atoms with Gasteiger partial charge in [-0.1, -0.05) is 0 Å². The lowest BCUT2D eigenvalue weighted by molar-refractivity contribution is -0.140. The predicted molar refractivity (Wildman–Crippen MR) is 131 cm³/mol. The molecule has 9 nitrogen and oxygen atoms in total. The van der Waals surface area contributed by atoms with Gasteiger partial charge in [0.1, 0.15) is 35.4 Å². The molecule has 0 saturated heterocycles. The largest absolute Gasteiger partial charge is 0.497 e. The van der Waals surface area contributed by atoms with Gasteiger partial charge in [-0.25, -0.2) is 4.99 Å². The van der Waals surface area contributed by atoms with E-state index in [2.05, 4.69) is 0 Å².